The second-order valence-corrected chi connectivity index (χ2v) is 8.44. The number of benzene rings is 2. The van der Waals surface area contributed by atoms with E-state index >= 15 is 0 Å². The van der Waals surface area contributed by atoms with E-state index < -0.39 is 17.7 Å². The molecule has 1 heterocycles. The average molecular weight is 469 g/mol. The predicted molar refractivity (Wildman–Crippen MR) is 129 cm³/mol. The van der Waals surface area contributed by atoms with Crippen molar-refractivity contribution in [1.82, 2.24) is 9.80 Å². The van der Waals surface area contributed by atoms with Crippen molar-refractivity contribution in [2.75, 3.05) is 48.5 Å². The molecule has 1 saturated heterocycles. The molecule has 1 amide bonds. The van der Waals surface area contributed by atoms with Crippen LogP contribution in [0.25, 0.3) is 5.76 Å². The lowest BCUT2D eigenvalue weighted by atomic mass is 9.93. The maximum Gasteiger partial charge on any atom is 0.295 e. The molecule has 0 spiro atoms. The topological polar surface area (TPSA) is 88.5 Å². The van der Waals surface area contributed by atoms with Crippen LogP contribution in [0.2, 0.25) is 0 Å². The second kappa shape index (κ2) is 10.6. The summed E-state index contributed by atoms with van der Waals surface area (Å²) in [5, 5.41) is 11.3. The van der Waals surface area contributed by atoms with Gasteiger partial charge in [0.25, 0.3) is 11.7 Å². The monoisotopic (exact) mass is 468 g/mol. The number of methoxy groups -OCH3 is 3. The molecule has 182 valence electrons. The first-order valence-electron chi connectivity index (χ1n) is 11.0. The molecule has 34 heavy (non-hydrogen) atoms. The SMILES string of the molecule is COc1ccc(/C(O)=C2/C(=O)C(=O)N(CCCN(C)C)C2c2ccc(OC)c(OC)c2)c(C)c1. The number of nitrogens with zero attached hydrogens (tertiary/aromatic N) is 2. The van der Waals surface area contributed by atoms with Gasteiger partial charge in [-0.1, -0.05) is 6.07 Å². The number of ketones is 1. The lowest BCUT2D eigenvalue weighted by Gasteiger charge is -2.26. The van der Waals surface area contributed by atoms with Gasteiger partial charge in [-0.2, -0.15) is 0 Å². The Balaban J connectivity index is 2.17. The summed E-state index contributed by atoms with van der Waals surface area (Å²) >= 11 is 0. The molecule has 1 aliphatic heterocycles. The second-order valence-electron chi connectivity index (χ2n) is 8.44. The normalized spacial score (nSPS) is 17.4. The van der Waals surface area contributed by atoms with E-state index in [9.17, 15) is 14.7 Å². The van der Waals surface area contributed by atoms with E-state index in [4.69, 9.17) is 14.2 Å². The van der Waals surface area contributed by atoms with Crippen LogP contribution in [0.3, 0.4) is 0 Å². The van der Waals surface area contributed by atoms with E-state index in [1.807, 2.05) is 25.9 Å². The lowest BCUT2D eigenvalue weighted by molar-refractivity contribution is -0.139. The van der Waals surface area contributed by atoms with E-state index in [0.29, 0.717) is 41.3 Å². The van der Waals surface area contributed by atoms with Gasteiger partial charge in [-0.15, -0.1) is 0 Å². The Morgan fingerprint density at radius 1 is 1.00 bits per heavy atom. The van der Waals surface area contributed by atoms with E-state index in [2.05, 4.69) is 0 Å². The summed E-state index contributed by atoms with van der Waals surface area (Å²) in [5.41, 5.74) is 1.89. The molecule has 3 rings (SSSR count). The van der Waals surface area contributed by atoms with E-state index in [0.717, 1.165) is 12.1 Å². The highest BCUT2D eigenvalue weighted by atomic mass is 16.5. The Kier molecular flexibility index (Phi) is 7.83. The van der Waals surface area contributed by atoms with Gasteiger partial charge >= 0.3 is 0 Å². The van der Waals surface area contributed by atoms with Crippen molar-refractivity contribution in [3.05, 3.63) is 58.7 Å². The molecule has 0 aromatic heterocycles. The highest BCUT2D eigenvalue weighted by Crippen LogP contribution is 2.42. The van der Waals surface area contributed by atoms with Crippen LogP contribution < -0.4 is 14.2 Å². The summed E-state index contributed by atoms with van der Waals surface area (Å²) in [6.07, 6.45) is 0.672. The molecule has 0 aliphatic carbocycles. The molecule has 1 fully saturated rings. The fourth-order valence-corrected chi connectivity index (χ4v) is 4.21. The Morgan fingerprint density at radius 3 is 2.29 bits per heavy atom. The zero-order chi connectivity index (χ0) is 25.0. The maximum absolute atomic E-state index is 13.2. The number of ether oxygens (including phenoxy) is 3. The molecule has 0 radical (unpaired) electrons. The number of hydrogen-bond donors (Lipinski definition) is 1. The van der Waals surface area contributed by atoms with Crippen molar-refractivity contribution in [3.8, 4) is 17.2 Å². The largest absolute Gasteiger partial charge is 0.507 e. The van der Waals surface area contributed by atoms with Crippen LogP contribution in [0, 0.1) is 6.92 Å². The summed E-state index contributed by atoms with van der Waals surface area (Å²) in [5.74, 6) is 0.0768. The molecule has 1 atom stereocenters. The van der Waals surface area contributed by atoms with E-state index in [1.54, 1.807) is 43.5 Å². The minimum Gasteiger partial charge on any atom is -0.507 e. The number of hydrogen-bond acceptors (Lipinski definition) is 7. The molecule has 2 aromatic carbocycles. The Morgan fingerprint density at radius 2 is 1.71 bits per heavy atom. The Bertz CT molecular complexity index is 1110. The first kappa shape index (κ1) is 25.1. The average Bonchev–Trinajstić information content (AvgIpc) is 3.07. The number of amides is 1. The first-order chi connectivity index (χ1) is 16.2. The van der Waals surface area contributed by atoms with Crippen molar-refractivity contribution >= 4 is 17.4 Å². The van der Waals surface area contributed by atoms with Gasteiger partial charge in [0.2, 0.25) is 0 Å². The minimum atomic E-state index is -0.761. The van der Waals surface area contributed by atoms with Crippen LogP contribution in [0.1, 0.15) is 29.2 Å². The minimum absolute atomic E-state index is 0.0512. The van der Waals surface area contributed by atoms with Crippen LogP contribution in [0.5, 0.6) is 17.2 Å². The van der Waals surface area contributed by atoms with Crippen molar-refractivity contribution in [3.63, 3.8) is 0 Å². The van der Waals surface area contributed by atoms with Gasteiger partial charge in [0.05, 0.1) is 32.9 Å². The smallest absolute Gasteiger partial charge is 0.295 e. The highest BCUT2D eigenvalue weighted by Gasteiger charge is 2.46. The fourth-order valence-electron chi connectivity index (χ4n) is 4.21. The number of carbonyl (C=O) groups is 2. The molecule has 1 aliphatic rings. The molecular weight excluding hydrogens is 436 g/mol. The zero-order valence-electron chi connectivity index (χ0n) is 20.5. The van der Waals surface area contributed by atoms with Crippen LogP contribution in [-0.2, 0) is 9.59 Å². The third-order valence-corrected chi connectivity index (χ3v) is 5.96. The van der Waals surface area contributed by atoms with Crippen molar-refractivity contribution in [1.29, 1.82) is 0 Å². The molecule has 1 unspecified atom stereocenters. The summed E-state index contributed by atoms with van der Waals surface area (Å²) in [7, 11) is 8.52. The van der Waals surface area contributed by atoms with Gasteiger partial charge in [0.1, 0.15) is 11.5 Å². The first-order valence-corrected chi connectivity index (χ1v) is 11.0. The molecule has 8 heteroatoms. The molecular formula is C26H32N2O6. The van der Waals surface area contributed by atoms with E-state index in [-0.39, 0.29) is 11.3 Å². The quantitative estimate of drug-likeness (QED) is 0.343. The van der Waals surface area contributed by atoms with Gasteiger partial charge < -0.3 is 29.1 Å². The standard InChI is InChI=1S/C26H32N2O6/c1-16-14-18(32-4)9-10-19(16)24(29)22-23(17-8-11-20(33-5)21(15-17)34-6)28(26(31)25(22)30)13-7-12-27(2)3/h8-11,14-15,23,29H,7,12-13H2,1-6H3/b24-22-. The summed E-state index contributed by atoms with van der Waals surface area (Å²) in [6.45, 7) is 2.93. The number of aryl methyl sites for hydroxylation is 1. The third kappa shape index (κ3) is 4.87. The summed E-state index contributed by atoms with van der Waals surface area (Å²) < 4.78 is 16.0. The lowest BCUT2D eigenvalue weighted by Crippen LogP contribution is -2.32. The van der Waals surface area contributed by atoms with Crippen LogP contribution in [0.4, 0.5) is 0 Å². The highest BCUT2D eigenvalue weighted by molar-refractivity contribution is 6.46. The number of aliphatic hydroxyl groups excluding tert-OH is 1. The molecule has 1 N–H and O–H groups in total. The van der Waals surface area contributed by atoms with Gasteiger partial charge in [0, 0.05) is 12.1 Å². The predicted octanol–water partition coefficient (Wildman–Crippen LogP) is 3.39. The van der Waals surface area contributed by atoms with Crippen molar-refractivity contribution in [2.45, 2.75) is 19.4 Å². The molecule has 8 nitrogen and oxygen atoms in total. The van der Waals surface area contributed by atoms with Gasteiger partial charge in [-0.05, 0) is 75.4 Å². The maximum atomic E-state index is 13.2. The van der Waals surface area contributed by atoms with Crippen LogP contribution in [-0.4, -0.2) is 75.1 Å². The number of rotatable bonds is 9. The van der Waals surface area contributed by atoms with E-state index in [1.165, 1.54) is 19.1 Å². The number of aliphatic hydroxyl groups is 1. The third-order valence-electron chi connectivity index (χ3n) is 5.96. The molecule has 0 saturated carbocycles. The zero-order valence-corrected chi connectivity index (χ0v) is 20.5. The van der Waals surface area contributed by atoms with Crippen molar-refractivity contribution < 1.29 is 28.9 Å². The van der Waals surface area contributed by atoms with Gasteiger partial charge in [-0.3, -0.25) is 9.59 Å². The number of carbonyl (C=O) groups excluding carboxylic acids is 2. The molecule has 2 aromatic rings. The van der Waals surface area contributed by atoms with Gasteiger partial charge in [-0.25, -0.2) is 0 Å². The van der Waals surface area contributed by atoms with Crippen molar-refractivity contribution in [2.24, 2.45) is 0 Å². The summed E-state index contributed by atoms with van der Waals surface area (Å²) in [6, 6.07) is 9.66. The van der Waals surface area contributed by atoms with Crippen LogP contribution in [0.15, 0.2) is 42.0 Å². The Labute approximate surface area is 200 Å². The van der Waals surface area contributed by atoms with Gasteiger partial charge in [0.15, 0.2) is 11.5 Å². The number of likely N-dealkylation sites (tertiary alicyclic amines) is 1. The molecule has 0 bridgehead atoms. The van der Waals surface area contributed by atoms with Crippen LogP contribution >= 0.6 is 0 Å². The number of Topliss-reactive ketones (excluding diaryl/α,β-unsaturated/α-hetero) is 1. The fraction of sp³-hybridized carbons (Fsp3) is 0.385. The Hall–Kier alpha value is -3.52. The summed E-state index contributed by atoms with van der Waals surface area (Å²) in [4.78, 5) is 29.9.